The summed E-state index contributed by atoms with van der Waals surface area (Å²) in [5.41, 5.74) is 1.73. The summed E-state index contributed by atoms with van der Waals surface area (Å²) in [7, 11) is -3.09. The fraction of sp³-hybridized carbons (Fsp3) is 0.250. The van der Waals surface area contributed by atoms with Gasteiger partial charge in [0, 0.05) is 11.1 Å². The van der Waals surface area contributed by atoms with Crippen molar-refractivity contribution in [2.45, 2.75) is 13.0 Å². The average molecular weight is 267 g/mol. The molecule has 0 aromatic heterocycles. The molecule has 0 bridgehead atoms. The van der Waals surface area contributed by atoms with E-state index in [1.165, 1.54) is 11.5 Å². The molecular formula is C12H13NO4S. The molecule has 18 heavy (non-hydrogen) atoms. The maximum absolute atomic E-state index is 11.3. The van der Waals surface area contributed by atoms with Gasteiger partial charge in [0.25, 0.3) is 0 Å². The predicted octanol–water partition coefficient (Wildman–Crippen LogP) is 1.42. The molecule has 2 N–H and O–H groups in total. The summed E-state index contributed by atoms with van der Waals surface area (Å²) in [6.45, 7) is 1.78. The van der Waals surface area contributed by atoms with E-state index in [2.05, 4.69) is 5.32 Å². The van der Waals surface area contributed by atoms with Crippen LogP contribution in [0.15, 0.2) is 29.7 Å². The van der Waals surface area contributed by atoms with Crippen LogP contribution in [0.5, 0.6) is 0 Å². The molecule has 0 radical (unpaired) electrons. The summed E-state index contributed by atoms with van der Waals surface area (Å²) in [5, 5.41) is 13.1. The summed E-state index contributed by atoms with van der Waals surface area (Å²) in [5.74, 6) is -0.944. The molecule has 2 rings (SSSR count). The maximum atomic E-state index is 11.3. The van der Waals surface area contributed by atoms with E-state index in [-0.39, 0.29) is 17.4 Å². The maximum Gasteiger partial charge on any atom is 0.335 e. The molecule has 0 saturated carbocycles. The number of nitrogens with one attached hydrogen (secondary N) is 1. The largest absolute Gasteiger partial charge is 0.478 e. The summed E-state index contributed by atoms with van der Waals surface area (Å²) in [6.07, 6.45) is 1.60. The van der Waals surface area contributed by atoms with E-state index in [1.54, 1.807) is 25.1 Å². The topological polar surface area (TPSA) is 83.5 Å². The first-order valence-electron chi connectivity index (χ1n) is 5.39. The number of hydrogen-bond acceptors (Lipinski definition) is 4. The van der Waals surface area contributed by atoms with E-state index < -0.39 is 15.8 Å². The number of aromatic carboxylic acids is 1. The van der Waals surface area contributed by atoms with Crippen LogP contribution in [-0.2, 0) is 9.84 Å². The third-order valence-corrected chi connectivity index (χ3v) is 4.14. The Kier molecular flexibility index (Phi) is 3.13. The molecule has 6 heteroatoms. The van der Waals surface area contributed by atoms with Gasteiger partial charge in [0.05, 0.1) is 17.4 Å². The van der Waals surface area contributed by atoms with Crippen LogP contribution in [0.4, 0.5) is 5.69 Å². The second-order valence-corrected chi connectivity index (χ2v) is 6.17. The smallest absolute Gasteiger partial charge is 0.335 e. The molecule has 1 unspecified atom stereocenters. The molecule has 5 nitrogen and oxygen atoms in total. The summed E-state index contributed by atoms with van der Waals surface area (Å²) in [6, 6.07) is 4.43. The molecule has 0 aliphatic carbocycles. The molecular weight excluding hydrogens is 254 g/mol. The number of anilines is 1. The van der Waals surface area contributed by atoms with Crippen LogP contribution in [0, 0.1) is 6.92 Å². The van der Waals surface area contributed by atoms with Crippen LogP contribution in [0.25, 0.3) is 0 Å². The zero-order chi connectivity index (χ0) is 13.3. The van der Waals surface area contributed by atoms with Gasteiger partial charge in [0.15, 0.2) is 9.84 Å². The lowest BCUT2D eigenvalue weighted by molar-refractivity contribution is 0.0697. The Bertz CT molecular complexity index is 619. The highest BCUT2D eigenvalue weighted by Crippen LogP contribution is 2.20. The SMILES string of the molecule is Cc1cc(C(=O)O)ccc1NC1C=CS(=O)(=O)C1. The Morgan fingerprint density at radius 3 is 2.67 bits per heavy atom. The molecule has 0 fully saturated rings. The minimum Gasteiger partial charge on any atom is -0.478 e. The Labute approximate surface area is 105 Å². The number of carboxylic acid groups (broad SMARTS) is 1. The third kappa shape index (κ3) is 2.70. The molecule has 96 valence electrons. The van der Waals surface area contributed by atoms with Gasteiger partial charge in [-0.2, -0.15) is 0 Å². The van der Waals surface area contributed by atoms with Crippen LogP contribution in [-0.4, -0.2) is 31.3 Å². The van der Waals surface area contributed by atoms with Gasteiger partial charge in [-0.15, -0.1) is 0 Å². The quantitative estimate of drug-likeness (QED) is 0.865. The highest BCUT2D eigenvalue weighted by molar-refractivity contribution is 7.94. The van der Waals surface area contributed by atoms with Crippen LogP contribution in [0.3, 0.4) is 0 Å². The Morgan fingerprint density at radius 2 is 2.17 bits per heavy atom. The van der Waals surface area contributed by atoms with Gasteiger partial charge in [0.2, 0.25) is 0 Å². The molecule has 1 atom stereocenters. The Balaban J connectivity index is 2.16. The number of benzene rings is 1. The van der Waals surface area contributed by atoms with Gasteiger partial charge in [-0.05, 0) is 30.7 Å². The number of aryl methyl sites for hydroxylation is 1. The van der Waals surface area contributed by atoms with Crippen LogP contribution in [0.2, 0.25) is 0 Å². The molecule has 1 aliphatic rings. The zero-order valence-electron chi connectivity index (χ0n) is 9.75. The fourth-order valence-corrected chi connectivity index (χ4v) is 3.06. The summed E-state index contributed by atoms with van der Waals surface area (Å²) < 4.78 is 22.5. The molecule has 1 aliphatic heterocycles. The molecule has 0 amide bonds. The van der Waals surface area contributed by atoms with Crippen molar-refractivity contribution in [2.75, 3.05) is 11.1 Å². The fourth-order valence-electron chi connectivity index (χ4n) is 1.82. The van der Waals surface area contributed by atoms with E-state index in [0.717, 1.165) is 11.3 Å². The summed E-state index contributed by atoms with van der Waals surface area (Å²) in [4.78, 5) is 10.8. The van der Waals surface area contributed by atoms with Gasteiger partial charge in [-0.1, -0.05) is 6.08 Å². The lowest BCUT2D eigenvalue weighted by Crippen LogP contribution is -2.21. The highest BCUT2D eigenvalue weighted by Gasteiger charge is 2.21. The number of rotatable bonds is 3. The van der Waals surface area contributed by atoms with Gasteiger partial charge >= 0.3 is 5.97 Å². The monoisotopic (exact) mass is 267 g/mol. The number of carboxylic acids is 1. The van der Waals surface area contributed by atoms with Crippen molar-refractivity contribution < 1.29 is 18.3 Å². The third-order valence-electron chi connectivity index (χ3n) is 2.74. The van der Waals surface area contributed by atoms with Crippen molar-refractivity contribution in [3.8, 4) is 0 Å². The Morgan fingerprint density at radius 1 is 1.44 bits per heavy atom. The lowest BCUT2D eigenvalue weighted by atomic mass is 10.1. The zero-order valence-corrected chi connectivity index (χ0v) is 10.6. The molecule has 0 spiro atoms. The molecule has 1 aromatic carbocycles. The lowest BCUT2D eigenvalue weighted by Gasteiger charge is -2.14. The minimum atomic E-state index is -3.09. The van der Waals surface area contributed by atoms with E-state index in [4.69, 9.17) is 5.11 Å². The van der Waals surface area contributed by atoms with Crippen molar-refractivity contribution in [3.63, 3.8) is 0 Å². The standard InChI is InChI=1S/C12H13NO4S/c1-8-6-9(12(14)15)2-3-11(8)13-10-4-5-18(16,17)7-10/h2-6,10,13H,7H2,1H3,(H,14,15). The first-order valence-corrected chi connectivity index (χ1v) is 7.10. The second-order valence-electron chi connectivity index (χ2n) is 4.24. The molecule has 0 saturated heterocycles. The predicted molar refractivity (Wildman–Crippen MR) is 68.5 cm³/mol. The van der Waals surface area contributed by atoms with Crippen molar-refractivity contribution in [1.82, 2.24) is 0 Å². The second kappa shape index (κ2) is 4.45. The van der Waals surface area contributed by atoms with Gasteiger partial charge in [0.1, 0.15) is 0 Å². The number of carbonyl (C=O) groups is 1. The normalized spacial score (nSPS) is 20.8. The average Bonchev–Trinajstić information content (AvgIpc) is 2.61. The van der Waals surface area contributed by atoms with E-state index >= 15 is 0 Å². The van der Waals surface area contributed by atoms with Crippen LogP contribution >= 0.6 is 0 Å². The summed E-state index contributed by atoms with van der Waals surface area (Å²) >= 11 is 0. The Hall–Kier alpha value is -1.82. The van der Waals surface area contributed by atoms with E-state index in [0.29, 0.717) is 0 Å². The number of hydrogen-bond donors (Lipinski definition) is 2. The van der Waals surface area contributed by atoms with E-state index in [1.807, 2.05) is 0 Å². The molecule has 1 aromatic rings. The van der Waals surface area contributed by atoms with Gasteiger partial charge in [-0.3, -0.25) is 0 Å². The first-order chi connectivity index (χ1) is 8.37. The van der Waals surface area contributed by atoms with Crippen LogP contribution in [0.1, 0.15) is 15.9 Å². The van der Waals surface area contributed by atoms with E-state index in [9.17, 15) is 13.2 Å². The van der Waals surface area contributed by atoms with Gasteiger partial charge < -0.3 is 10.4 Å². The van der Waals surface area contributed by atoms with Crippen molar-refractivity contribution in [3.05, 3.63) is 40.8 Å². The van der Waals surface area contributed by atoms with Crippen molar-refractivity contribution in [2.24, 2.45) is 0 Å². The minimum absolute atomic E-state index is 0.0348. The van der Waals surface area contributed by atoms with Crippen LogP contribution < -0.4 is 5.32 Å². The number of sulfone groups is 1. The molecule has 1 heterocycles. The van der Waals surface area contributed by atoms with Crippen molar-refractivity contribution in [1.29, 1.82) is 0 Å². The first kappa shape index (κ1) is 12.6. The van der Waals surface area contributed by atoms with Crippen molar-refractivity contribution >= 4 is 21.5 Å². The van der Waals surface area contributed by atoms with Gasteiger partial charge in [-0.25, -0.2) is 13.2 Å². The highest BCUT2D eigenvalue weighted by atomic mass is 32.2.